The third-order valence-electron chi connectivity index (χ3n) is 13.6. The third kappa shape index (κ3) is 5.57. The van der Waals surface area contributed by atoms with Crippen LogP contribution in [0.25, 0.3) is 0 Å². The van der Waals surface area contributed by atoms with Gasteiger partial charge in [0.2, 0.25) is 0 Å². The lowest BCUT2D eigenvalue weighted by Crippen LogP contribution is -2.51. The SMILES string of the molecule is C[C@H](CCCC(C)(C)O)[C@H]1C(c2ccccc2C(=O)O)(c2ccccc2C(=O)O)C[C@H]2[C@@H]3CC=C4C[C@@H](O)CC[C@]4(C)[C@H]3CC[C@@]21C. The monoisotopic (exact) mass is 642 g/mol. The summed E-state index contributed by atoms with van der Waals surface area (Å²) in [6.07, 6.45) is 10.8. The van der Waals surface area contributed by atoms with Crippen molar-refractivity contribution in [2.24, 2.45) is 40.4 Å². The van der Waals surface area contributed by atoms with E-state index in [4.69, 9.17) is 0 Å². The molecule has 6 heteroatoms. The van der Waals surface area contributed by atoms with E-state index in [1.807, 2.05) is 38.1 Å². The number of hydrogen-bond acceptors (Lipinski definition) is 4. The van der Waals surface area contributed by atoms with E-state index in [0.29, 0.717) is 24.7 Å². The quantitative estimate of drug-likeness (QED) is 0.204. The minimum Gasteiger partial charge on any atom is -0.478 e. The molecule has 0 radical (unpaired) electrons. The van der Waals surface area contributed by atoms with E-state index in [2.05, 4.69) is 26.8 Å². The molecule has 47 heavy (non-hydrogen) atoms. The summed E-state index contributed by atoms with van der Waals surface area (Å²) >= 11 is 0. The Kier molecular flexibility index (Phi) is 8.79. The van der Waals surface area contributed by atoms with Gasteiger partial charge >= 0.3 is 11.9 Å². The van der Waals surface area contributed by atoms with Gasteiger partial charge in [0.25, 0.3) is 0 Å². The van der Waals surface area contributed by atoms with Gasteiger partial charge in [-0.05, 0) is 129 Å². The maximum absolute atomic E-state index is 13.0. The van der Waals surface area contributed by atoms with Crippen molar-refractivity contribution in [2.75, 3.05) is 0 Å². The summed E-state index contributed by atoms with van der Waals surface area (Å²) in [6.45, 7) is 10.8. The number of aliphatic hydroxyl groups excluding tert-OH is 1. The first-order valence-electron chi connectivity index (χ1n) is 17.9. The Balaban J connectivity index is 1.58. The molecule has 0 aliphatic heterocycles. The maximum atomic E-state index is 13.0. The van der Waals surface area contributed by atoms with E-state index in [9.17, 15) is 30.0 Å². The molecule has 6 rings (SSSR count). The standard InChI is InChI=1S/C41H54O6/c1-25(11-10-20-38(2,3)47)35-40(5)22-19-31-28(17-16-26-23-27(42)18-21-39(26,31)4)34(40)24-41(35,32-14-8-6-12-29(32)36(43)44)33-15-9-7-13-30(33)37(45)46/h6-9,12-16,25,27-28,31,34-35,42,47H,10-11,17-24H2,1-5H3,(H,43,44)(H,45,46)/t25-,27+,28-,31+,34+,35-,39+,40+/m1/s1. The first-order valence-corrected chi connectivity index (χ1v) is 17.9. The first kappa shape index (κ1) is 33.9. The smallest absolute Gasteiger partial charge is 0.335 e. The van der Waals surface area contributed by atoms with Gasteiger partial charge in [0, 0.05) is 5.41 Å². The number of carboxylic acid groups (broad SMARTS) is 2. The summed E-state index contributed by atoms with van der Waals surface area (Å²) in [4.78, 5) is 26.0. The van der Waals surface area contributed by atoms with E-state index in [1.54, 1.807) is 24.3 Å². The van der Waals surface area contributed by atoms with Crippen LogP contribution in [0.3, 0.4) is 0 Å². The van der Waals surface area contributed by atoms with Gasteiger partial charge < -0.3 is 20.4 Å². The van der Waals surface area contributed by atoms with E-state index < -0.39 is 23.0 Å². The number of rotatable bonds is 9. The fraction of sp³-hybridized carbons (Fsp3) is 0.610. The van der Waals surface area contributed by atoms with Crippen molar-refractivity contribution in [3.05, 3.63) is 82.4 Å². The molecular weight excluding hydrogens is 588 g/mol. The summed E-state index contributed by atoms with van der Waals surface area (Å²) in [7, 11) is 0. The van der Waals surface area contributed by atoms with E-state index in [0.717, 1.165) is 62.5 Å². The highest BCUT2D eigenvalue weighted by Gasteiger charge is 2.68. The van der Waals surface area contributed by atoms with Crippen molar-refractivity contribution in [1.29, 1.82) is 0 Å². The van der Waals surface area contributed by atoms with Crippen molar-refractivity contribution in [1.82, 2.24) is 0 Å². The molecule has 8 atom stereocenters. The van der Waals surface area contributed by atoms with Crippen LogP contribution in [-0.4, -0.2) is 44.1 Å². The number of aromatic carboxylic acids is 2. The minimum atomic E-state index is -0.988. The lowest BCUT2D eigenvalue weighted by Gasteiger charge is -2.58. The summed E-state index contributed by atoms with van der Waals surface area (Å²) in [5.74, 6) is -0.736. The van der Waals surface area contributed by atoms with Crippen molar-refractivity contribution in [3.63, 3.8) is 0 Å². The average Bonchev–Trinajstić information content (AvgIpc) is 3.30. The number of fused-ring (bicyclic) bond motifs is 5. The molecule has 0 aromatic heterocycles. The molecule has 4 N–H and O–H groups in total. The van der Waals surface area contributed by atoms with E-state index >= 15 is 0 Å². The predicted molar refractivity (Wildman–Crippen MR) is 183 cm³/mol. The summed E-state index contributed by atoms with van der Waals surface area (Å²) < 4.78 is 0. The highest BCUT2D eigenvalue weighted by molar-refractivity contribution is 5.92. The predicted octanol–water partition coefficient (Wildman–Crippen LogP) is 8.50. The van der Waals surface area contributed by atoms with Crippen molar-refractivity contribution < 1.29 is 30.0 Å². The lowest BCUT2D eigenvalue weighted by atomic mass is 9.46. The molecular formula is C41H54O6. The Morgan fingerprint density at radius 2 is 1.51 bits per heavy atom. The van der Waals surface area contributed by atoms with Crippen molar-refractivity contribution >= 4 is 11.9 Å². The molecule has 2 aromatic rings. The zero-order valence-electron chi connectivity index (χ0n) is 28.8. The van der Waals surface area contributed by atoms with Crippen molar-refractivity contribution in [2.45, 2.75) is 116 Å². The molecule has 4 aliphatic rings. The second kappa shape index (κ2) is 12.2. The van der Waals surface area contributed by atoms with Gasteiger partial charge in [-0.2, -0.15) is 0 Å². The van der Waals surface area contributed by atoms with Crippen LogP contribution in [-0.2, 0) is 5.41 Å². The zero-order valence-corrected chi connectivity index (χ0v) is 28.8. The molecule has 0 heterocycles. The number of allylic oxidation sites excluding steroid dienone is 1. The van der Waals surface area contributed by atoms with Crippen LogP contribution < -0.4 is 0 Å². The number of aliphatic hydroxyl groups is 2. The fourth-order valence-electron chi connectivity index (χ4n) is 11.8. The summed E-state index contributed by atoms with van der Waals surface area (Å²) in [5.41, 5.74) is 1.63. The van der Waals surface area contributed by atoms with Gasteiger partial charge in [0.15, 0.2) is 0 Å². The molecule has 0 spiro atoms. The first-order chi connectivity index (χ1) is 22.1. The van der Waals surface area contributed by atoms with E-state index in [-0.39, 0.29) is 45.8 Å². The van der Waals surface area contributed by atoms with Crippen LogP contribution in [0.2, 0.25) is 0 Å². The molecule has 0 bridgehead atoms. The summed E-state index contributed by atoms with van der Waals surface area (Å²) in [5, 5.41) is 42.5. The van der Waals surface area contributed by atoms with Gasteiger partial charge in [0.05, 0.1) is 22.8 Å². The second-order valence-electron chi connectivity index (χ2n) is 16.7. The van der Waals surface area contributed by atoms with Crippen LogP contribution in [0.4, 0.5) is 0 Å². The Morgan fingerprint density at radius 3 is 2.09 bits per heavy atom. The minimum absolute atomic E-state index is 0.0184. The van der Waals surface area contributed by atoms with Crippen LogP contribution in [0.15, 0.2) is 60.2 Å². The maximum Gasteiger partial charge on any atom is 0.335 e. The summed E-state index contributed by atoms with van der Waals surface area (Å²) in [6, 6.07) is 14.7. The van der Waals surface area contributed by atoms with Gasteiger partial charge in [-0.1, -0.05) is 81.7 Å². The van der Waals surface area contributed by atoms with Crippen LogP contribution in [0.1, 0.15) is 131 Å². The van der Waals surface area contributed by atoms with E-state index in [1.165, 1.54) is 5.57 Å². The molecule has 0 saturated heterocycles. The normalized spacial score (nSPS) is 33.6. The number of hydrogen-bond donors (Lipinski definition) is 4. The zero-order chi connectivity index (χ0) is 33.9. The van der Waals surface area contributed by atoms with Crippen LogP contribution in [0, 0.1) is 40.4 Å². The number of carboxylic acids is 2. The second-order valence-corrected chi connectivity index (χ2v) is 16.7. The molecule has 3 fully saturated rings. The largest absolute Gasteiger partial charge is 0.478 e. The van der Waals surface area contributed by atoms with Crippen LogP contribution >= 0.6 is 0 Å². The molecule has 4 aliphatic carbocycles. The molecule has 6 nitrogen and oxygen atoms in total. The fourth-order valence-corrected chi connectivity index (χ4v) is 11.8. The topological polar surface area (TPSA) is 115 Å². The third-order valence-corrected chi connectivity index (χ3v) is 13.6. The molecule has 0 amide bonds. The van der Waals surface area contributed by atoms with Gasteiger partial charge in [-0.15, -0.1) is 0 Å². The van der Waals surface area contributed by atoms with Gasteiger partial charge in [-0.25, -0.2) is 9.59 Å². The van der Waals surface area contributed by atoms with Crippen molar-refractivity contribution in [3.8, 4) is 0 Å². The molecule has 2 aromatic carbocycles. The van der Waals surface area contributed by atoms with Gasteiger partial charge in [-0.3, -0.25) is 0 Å². The Morgan fingerprint density at radius 1 is 0.915 bits per heavy atom. The van der Waals surface area contributed by atoms with Crippen LogP contribution in [0.5, 0.6) is 0 Å². The lowest BCUT2D eigenvalue weighted by molar-refractivity contribution is -0.0594. The Labute approximate surface area is 280 Å². The van der Waals surface area contributed by atoms with Gasteiger partial charge in [0.1, 0.15) is 0 Å². The molecule has 0 unspecified atom stereocenters. The molecule has 254 valence electrons. The number of carbonyl (C=O) groups is 2. The Bertz CT molecular complexity index is 1490. The Hall–Kier alpha value is -2.96. The average molecular weight is 643 g/mol. The highest BCUT2D eigenvalue weighted by Crippen LogP contribution is 2.73. The molecule has 3 saturated carbocycles. The highest BCUT2D eigenvalue weighted by atomic mass is 16.4. The number of benzene rings is 2.